The van der Waals surface area contributed by atoms with Crippen LogP contribution < -0.4 is 0 Å². The van der Waals surface area contributed by atoms with Gasteiger partial charge in [-0.3, -0.25) is 0 Å². The summed E-state index contributed by atoms with van der Waals surface area (Å²) in [5.74, 6) is -1.02. The van der Waals surface area contributed by atoms with Crippen LogP contribution >= 0.6 is 11.6 Å². The highest BCUT2D eigenvalue weighted by atomic mass is 35.5. The Morgan fingerprint density at radius 3 is 2.58 bits per heavy atom. The average Bonchev–Trinajstić information content (AvgIpc) is 2.39. The molecular formula is C15H10ClNO2. The molecule has 2 rings (SSSR count). The highest BCUT2D eigenvalue weighted by Crippen LogP contribution is 2.32. The molecule has 0 aliphatic heterocycles. The van der Waals surface area contributed by atoms with Crippen LogP contribution in [0.2, 0.25) is 5.02 Å². The van der Waals surface area contributed by atoms with Crippen LogP contribution in [0.15, 0.2) is 36.4 Å². The van der Waals surface area contributed by atoms with E-state index >= 15 is 0 Å². The molecule has 0 radical (unpaired) electrons. The van der Waals surface area contributed by atoms with Crippen LogP contribution in [0.25, 0.3) is 11.1 Å². The van der Waals surface area contributed by atoms with Crippen molar-refractivity contribution >= 4 is 17.6 Å². The lowest BCUT2D eigenvalue weighted by Crippen LogP contribution is -1.96. The molecule has 2 aromatic carbocycles. The van der Waals surface area contributed by atoms with Gasteiger partial charge in [-0.15, -0.1) is 0 Å². The molecule has 1 N–H and O–H groups in total. The maximum atomic E-state index is 10.9. The number of aromatic carboxylic acids is 1. The van der Waals surface area contributed by atoms with Gasteiger partial charge in [-0.2, -0.15) is 5.26 Å². The van der Waals surface area contributed by atoms with E-state index < -0.39 is 5.97 Å². The minimum atomic E-state index is -1.02. The molecule has 0 fully saturated rings. The van der Waals surface area contributed by atoms with Crippen molar-refractivity contribution in [2.24, 2.45) is 0 Å². The third kappa shape index (κ3) is 2.44. The number of carboxylic acids is 1. The Hall–Kier alpha value is -2.31. The fourth-order valence-electron chi connectivity index (χ4n) is 1.92. The van der Waals surface area contributed by atoms with Gasteiger partial charge in [0.2, 0.25) is 0 Å². The number of carboxylic acid groups (broad SMARTS) is 1. The number of carbonyl (C=O) groups is 1. The van der Waals surface area contributed by atoms with E-state index in [-0.39, 0.29) is 5.56 Å². The van der Waals surface area contributed by atoms with Crippen molar-refractivity contribution in [1.29, 1.82) is 5.26 Å². The molecule has 0 spiro atoms. The summed E-state index contributed by atoms with van der Waals surface area (Å²) in [6.07, 6.45) is 0. The number of hydrogen-bond donors (Lipinski definition) is 1. The lowest BCUT2D eigenvalue weighted by molar-refractivity contribution is 0.0697. The van der Waals surface area contributed by atoms with Gasteiger partial charge in [0.05, 0.1) is 17.2 Å². The van der Waals surface area contributed by atoms with E-state index in [1.165, 1.54) is 12.1 Å². The quantitative estimate of drug-likeness (QED) is 0.901. The Labute approximate surface area is 115 Å². The Morgan fingerprint density at radius 1 is 1.26 bits per heavy atom. The maximum absolute atomic E-state index is 10.9. The highest BCUT2D eigenvalue weighted by Gasteiger charge is 2.11. The number of nitriles is 1. The van der Waals surface area contributed by atoms with E-state index in [0.29, 0.717) is 10.6 Å². The minimum Gasteiger partial charge on any atom is -0.478 e. The predicted molar refractivity (Wildman–Crippen MR) is 73.3 cm³/mol. The maximum Gasteiger partial charge on any atom is 0.335 e. The van der Waals surface area contributed by atoms with Gasteiger partial charge in [-0.05, 0) is 36.2 Å². The second kappa shape index (κ2) is 5.13. The van der Waals surface area contributed by atoms with Crippen LogP contribution in [0, 0.1) is 18.3 Å². The summed E-state index contributed by atoms with van der Waals surface area (Å²) >= 11 is 6.13. The Bertz CT molecular complexity index is 702. The SMILES string of the molecule is Cc1c(C#N)cccc1-c1ccc(C(=O)O)cc1Cl. The monoisotopic (exact) mass is 271 g/mol. The van der Waals surface area contributed by atoms with Gasteiger partial charge in [0, 0.05) is 10.6 Å². The molecule has 0 atom stereocenters. The zero-order valence-electron chi connectivity index (χ0n) is 10.1. The summed E-state index contributed by atoms with van der Waals surface area (Å²) in [4.78, 5) is 10.9. The number of hydrogen-bond acceptors (Lipinski definition) is 2. The lowest BCUT2D eigenvalue weighted by Gasteiger charge is -2.10. The summed E-state index contributed by atoms with van der Waals surface area (Å²) in [7, 11) is 0. The third-order valence-electron chi connectivity index (χ3n) is 2.96. The standard InChI is InChI=1S/C15H10ClNO2/c1-9-11(8-17)3-2-4-12(9)13-6-5-10(15(18)19)7-14(13)16/h2-7H,1H3,(H,18,19). The Balaban J connectivity index is 2.61. The van der Waals surface area contributed by atoms with Crippen molar-refractivity contribution in [3.8, 4) is 17.2 Å². The number of nitrogens with zero attached hydrogens (tertiary/aromatic N) is 1. The van der Waals surface area contributed by atoms with Crippen LogP contribution in [0.1, 0.15) is 21.5 Å². The van der Waals surface area contributed by atoms with Gasteiger partial charge in [0.1, 0.15) is 0 Å². The molecular weight excluding hydrogens is 262 g/mol. The van der Waals surface area contributed by atoms with E-state index in [1.54, 1.807) is 18.2 Å². The number of rotatable bonds is 2. The first kappa shape index (κ1) is 13.1. The van der Waals surface area contributed by atoms with Gasteiger partial charge < -0.3 is 5.11 Å². The van der Waals surface area contributed by atoms with E-state index in [4.69, 9.17) is 22.0 Å². The molecule has 0 aliphatic rings. The van der Waals surface area contributed by atoms with Crippen molar-refractivity contribution in [2.75, 3.05) is 0 Å². The molecule has 0 bridgehead atoms. The molecule has 19 heavy (non-hydrogen) atoms. The molecule has 4 heteroatoms. The largest absolute Gasteiger partial charge is 0.478 e. The van der Waals surface area contributed by atoms with E-state index in [0.717, 1.165) is 16.7 Å². The molecule has 3 nitrogen and oxygen atoms in total. The molecule has 0 heterocycles. The molecule has 0 amide bonds. The van der Waals surface area contributed by atoms with Gasteiger partial charge in [0.25, 0.3) is 0 Å². The van der Waals surface area contributed by atoms with Crippen molar-refractivity contribution in [3.05, 3.63) is 58.1 Å². The first-order chi connectivity index (χ1) is 9.04. The van der Waals surface area contributed by atoms with Gasteiger partial charge in [0.15, 0.2) is 0 Å². The van der Waals surface area contributed by atoms with E-state index in [9.17, 15) is 4.79 Å². The van der Waals surface area contributed by atoms with E-state index in [2.05, 4.69) is 6.07 Å². The first-order valence-corrected chi connectivity index (χ1v) is 5.95. The molecule has 0 saturated carbocycles. The van der Waals surface area contributed by atoms with Gasteiger partial charge in [-0.1, -0.05) is 29.8 Å². The zero-order valence-corrected chi connectivity index (χ0v) is 10.9. The minimum absolute atomic E-state index is 0.142. The molecule has 94 valence electrons. The topological polar surface area (TPSA) is 61.1 Å². The van der Waals surface area contributed by atoms with Crippen molar-refractivity contribution in [2.45, 2.75) is 6.92 Å². The molecule has 0 unspecified atom stereocenters. The van der Waals surface area contributed by atoms with Crippen molar-refractivity contribution < 1.29 is 9.90 Å². The smallest absolute Gasteiger partial charge is 0.335 e. The lowest BCUT2D eigenvalue weighted by atomic mass is 9.96. The van der Waals surface area contributed by atoms with Crippen LogP contribution in [-0.4, -0.2) is 11.1 Å². The normalized spacial score (nSPS) is 9.95. The summed E-state index contributed by atoms with van der Waals surface area (Å²) in [6, 6.07) is 12.1. The van der Waals surface area contributed by atoms with Crippen molar-refractivity contribution in [3.63, 3.8) is 0 Å². The second-order valence-corrected chi connectivity index (χ2v) is 4.50. The number of halogens is 1. The average molecular weight is 272 g/mol. The van der Waals surface area contributed by atoms with Gasteiger partial charge in [-0.25, -0.2) is 4.79 Å². The predicted octanol–water partition coefficient (Wildman–Crippen LogP) is 3.89. The zero-order chi connectivity index (χ0) is 14.0. The van der Waals surface area contributed by atoms with Crippen LogP contribution in [0.4, 0.5) is 0 Å². The summed E-state index contributed by atoms with van der Waals surface area (Å²) < 4.78 is 0. The summed E-state index contributed by atoms with van der Waals surface area (Å²) in [6.45, 7) is 1.84. The molecule has 0 aromatic heterocycles. The van der Waals surface area contributed by atoms with Crippen LogP contribution in [0.5, 0.6) is 0 Å². The van der Waals surface area contributed by atoms with Crippen LogP contribution in [-0.2, 0) is 0 Å². The summed E-state index contributed by atoms with van der Waals surface area (Å²) in [5.41, 5.74) is 3.11. The Kier molecular flexibility index (Phi) is 3.55. The molecule has 0 saturated heterocycles. The second-order valence-electron chi connectivity index (χ2n) is 4.09. The van der Waals surface area contributed by atoms with Crippen molar-refractivity contribution in [1.82, 2.24) is 0 Å². The highest BCUT2D eigenvalue weighted by molar-refractivity contribution is 6.33. The fraction of sp³-hybridized carbons (Fsp3) is 0.0667. The van der Waals surface area contributed by atoms with Gasteiger partial charge >= 0.3 is 5.97 Å². The third-order valence-corrected chi connectivity index (χ3v) is 3.27. The number of benzene rings is 2. The Morgan fingerprint density at radius 2 is 2.00 bits per heavy atom. The fourth-order valence-corrected chi connectivity index (χ4v) is 2.20. The van der Waals surface area contributed by atoms with E-state index in [1.807, 2.05) is 13.0 Å². The summed E-state index contributed by atoms with van der Waals surface area (Å²) in [5, 5.41) is 18.3. The molecule has 0 aliphatic carbocycles. The molecule has 2 aromatic rings. The first-order valence-electron chi connectivity index (χ1n) is 5.57. The van der Waals surface area contributed by atoms with Crippen LogP contribution in [0.3, 0.4) is 0 Å².